The molecule has 0 aromatic carbocycles. The second-order valence-electron chi connectivity index (χ2n) is 4.74. The van der Waals surface area contributed by atoms with Gasteiger partial charge in [0.1, 0.15) is 5.01 Å². The molecule has 0 bridgehead atoms. The highest BCUT2D eigenvalue weighted by molar-refractivity contribution is 7.71. The Kier molecular flexibility index (Phi) is 2.99. The first-order valence-electron chi connectivity index (χ1n) is 5.15. The number of hydrogen-bond acceptors (Lipinski definition) is 3. The molecule has 2 heterocycles. The lowest BCUT2D eigenvalue weighted by Crippen LogP contribution is -2.18. The molecule has 0 unspecified atom stereocenters. The molecule has 0 saturated carbocycles. The Labute approximate surface area is 104 Å². The maximum atomic E-state index is 5.30. The van der Waals surface area contributed by atoms with E-state index in [2.05, 4.69) is 35.3 Å². The number of nitrogens with one attached hydrogen (secondary N) is 1. The van der Waals surface area contributed by atoms with Gasteiger partial charge in [0.05, 0.1) is 6.54 Å². The van der Waals surface area contributed by atoms with E-state index in [1.54, 1.807) is 11.3 Å². The highest BCUT2D eigenvalue weighted by Gasteiger charge is 2.19. The number of thiazole rings is 1. The molecule has 0 fully saturated rings. The molecule has 2 aromatic rings. The highest BCUT2D eigenvalue weighted by Crippen LogP contribution is 2.23. The van der Waals surface area contributed by atoms with Crippen LogP contribution >= 0.6 is 23.6 Å². The molecule has 0 aliphatic carbocycles. The van der Waals surface area contributed by atoms with E-state index in [0.29, 0.717) is 0 Å². The van der Waals surface area contributed by atoms with Crippen LogP contribution in [-0.2, 0) is 12.0 Å². The number of aromatic amines is 1. The minimum absolute atomic E-state index is 0.0881. The highest BCUT2D eigenvalue weighted by atomic mass is 32.1. The quantitative estimate of drug-likeness (QED) is 0.833. The van der Waals surface area contributed by atoms with E-state index in [1.807, 2.05) is 17.8 Å². The van der Waals surface area contributed by atoms with Crippen LogP contribution in [0.15, 0.2) is 17.8 Å². The van der Waals surface area contributed by atoms with Gasteiger partial charge in [0.2, 0.25) is 0 Å². The number of aromatic nitrogens is 3. The molecule has 2 aromatic heterocycles. The Hall–Kier alpha value is -0.940. The second kappa shape index (κ2) is 4.14. The number of hydrogen-bond donors (Lipinski definition) is 1. The van der Waals surface area contributed by atoms with Gasteiger partial charge in [-0.3, -0.25) is 0 Å². The van der Waals surface area contributed by atoms with Crippen LogP contribution in [0.25, 0.3) is 0 Å². The van der Waals surface area contributed by atoms with Crippen LogP contribution in [0.4, 0.5) is 0 Å². The number of H-pyrrole nitrogens is 1. The van der Waals surface area contributed by atoms with Gasteiger partial charge >= 0.3 is 0 Å². The molecule has 86 valence electrons. The van der Waals surface area contributed by atoms with Crippen LogP contribution in [0.5, 0.6) is 0 Å². The van der Waals surface area contributed by atoms with Crippen LogP contribution in [0.2, 0.25) is 0 Å². The molecular weight excluding hydrogens is 238 g/mol. The fourth-order valence-electron chi connectivity index (χ4n) is 1.64. The zero-order valence-electron chi connectivity index (χ0n) is 9.65. The first-order valence-corrected chi connectivity index (χ1v) is 6.44. The van der Waals surface area contributed by atoms with Gasteiger partial charge in [-0.25, -0.2) is 4.98 Å². The summed E-state index contributed by atoms with van der Waals surface area (Å²) in [5.74, 6) is 0. The van der Waals surface area contributed by atoms with Crippen molar-refractivity contribution in [2.45, 2.75) is 32.7 Å². The lowest BCUT2D eigenvalue weighted by Gasteiger charge is -2.20. The molecule has 0 aliphatic heterocycles. The first kappa shape index (κ1) is 11.5. The van der Waals surface area contributed by atoms with E-state index in [9.17, 15) is 0 Å². The Morgan fingerprint density at radius 2 is 2.25 bits per heavy atom. The van der Waals surface area contributed by atoms with Crippen molar-refractivity contribution >= 4 is 23.6 Å². The summed E-state index contributed by atoms with van der Waals surface area (Å²) in [6.07, 6.45) is 3.82. The maximum Gasteiger partial charge on any atom is 0.177 e. The van der Waals surface area contributed by atoms with Crippen molar-refractivity contribution < 1.29 is 0 Å². The molecule has 5 heteroatoms. The molecular formula is C11H15N3S2. The zero-order valence-corrected chi connectivity index (χ0v) is 11.3. The van der Waals surface area contributed by atoms with E-state index in [-0.39, 0.29) is 5.41 Å². The number of rotatable bonds is 2. The first-order chi connectivity index (χ1) is 7.48. The van der Waals surface area contributed by atoms with E-state index in [4.69, 9.17) is 12.2 Å². The molecule has 0 aliphatic rings. The molecule has 0 radical (unpaired) electrons. The molecule has 0 spiro atoms. The predicted octanol–water partition coefficient (Wildman–Crippen LogP) is 3.35. The Bertz CT molecular complexity index is 514. The van der Waals surface area contributed by atoms with Crippen molar-refractivity contribution in [3.05, 3.63) is 33.2 Å². The molecule has 3 nitrogen and oxygen atoms in total. The molecule has 0 amide bonds. The van der Waals surface area contributed by atoms with Crippen LogP contribution in [-0.4, -0.2) is 14.5 Å². The summed E-state index contributed by atoms with van der Waals surface area (Å²) in [5, 5.41) is 3.07. The minimum atomic E-state index is 0.0881. The van der Waals surface area contributed by atoms with Crippen LogP contribution in [0.3, 0.4) is 0 Å². The Balaban J connectivity index is 2.40. The second-order valence-corrected chi connectivity index (χ2v) is 6.11. The van der Waals surface area contributed by atoms with Crippen molar-refractivity contribution in [2.75, 3.05) is 0 Å². The summed E-state index contributed by atoms with van der Waals surface area (Å²) in [6, 6.07) is 0. The van der Waals surface area contributed by atoms with E-state index in [1.165, 1.54) is 5.69 Å². The van der Waals surface area contributed by atoms with E-state index in [0.717, 1.165) is 16.3 Å². The SMILES string of the molecule is CC(C)(C)c1c[nH]c(=S)n1Cc1nccs1. The maximum absolute atomic E-state index is 5.30. The fraction of sp³-hybridized carbons (Fsp3) is 0.455. The fourth-order valence-corrected chi connectivity index (χ4v) is 2.47. The minimum Gasteiger partial charge on any atom is -0.337 e. The summed E-state index contributed by atoms with van der Waals surface area (Å²) in [4.78, 5) is 7.40. The molecule has 16 heavy (non-hydrogen) atoms. The van der Waals surface area contributed by atoms with Gasteiger partial charge in [-0.05, 0) is 12.2 Å². The van der Waals surface area contributed by atoms with E-state index >= 15 is 0 Å². The zero-order chi connectivity index (χ0) is 11.8. The van der Waals surface area contributed by atoms with E-state index < -0.39 is 0 Å². The summed E-state index contributed by atoms with van der Waals surface area (Å²) in [5.41, 5.74) is 1.30. The third kappa shape index (κ3) is 2.25. The average Bonchev–Trinajstić information content (AvgIpc) is 2.76. The largest absolute Gasteiger partial charge is 0.337 e. The normalized spacial score (nSPS) is 11.9. The van der Waals surface area contributed by atoms with Gasteiger partial charge in [0.25, 0.3) is 0 Å². The van der Waals surface area contributed by atoms with Crippen molar-refractivity contribution in [2.24, 2.45) is 0 Å². The topological polar surface area (TPSA) is 33.6 Å². The summed E-state index contributed by atoms with van der Waals surface area (Å²) < 4.78 is 2.88. The van der Waals surface area contributed by atoms with Gasteiger partial charge in [-0.15, -0.1) is 11.3 Å². The monoisotopic (exact) mass is 253 g/mol. The average molecular weight is 253 g/mol. The summed E-state index contributed by atoms with van der Waals surface area (Å²) in [7, 11) is 0. The smallest absolute Gasteiger partial charge is 0.177 e. The van der Waals surface area contributed by atoms with Gasteiger partial charge < -0.3 is 9.55 Å². The van der Waals surface area contributed by atoms with Crippen LogP contribution in [0.1, 0.15) is 31.5 Å². The lowest BCUT2D eigenvalue weighted by atomic mass is 9.93. The third-order valence-electron chi connectivity index (χ3n) is 2.41. The lowest BCUT2D eigenvalue weighted by molar-refractivity contribution is 0.529. The number of imidazole rings is 1. The molecule has 2 rings (SSSR count). The Morgan fingerprint density at radius 3 is 2.81 bits per heavy atom. The van der Waals surface area contributed by atoms with Crippen LogP contribution in [0, 0.1) is 4.77 Å². The standard InChI is InChI=1S/C11H15N3S2/c1-11(2,3)8-6-13-10(15)14(8)7-9-12-4-5-16-9/h4-6H,7H2,1-3H3,(H,13,15). The van der Waals surface area contributed by atoms with Crippen molar-refractivity contribution in [1.29, 1.82) is 0 Å². The predicted molar refractivity (Wildman–Crippen MR) is 69.5 cm³/mol. The van der Waals surface area contributed by atoms with Crippen molar-refractivity contribution in [3.8, 4) is 0 Å². The molecule has 0 saturated heterocycles. The van der Waals surface area contributed by atoms with Gasteiger partial charge in [-0.2, -0.15) is 0 Å². The third-order valence-corrected chi connectivity index (χ3v) is 3.52. The van der Waals surface area contributed by atoms with Crippen LogP contribution < -0.4 is 0 Å². The number of nitrogens with zero attached hydrogens (tertiary/aromatic N) is 2. The van der Waals surface area contributed by atoms with Gasteiger partial charge in [0, 0.05) is 28.9 Å². The molecule has 1 N–H and O–H groups in total. The van der Waals surface area contributed by atoms with Gasteiger partial charge in [0.15, 0.2) is 4.77 Å². The summed E-state index contributed by atoms with van der Waals surface area (Å²) in [6.45, 7) is 7.31. The van der Waals surface area contributed by atoms with Crippen molar-refractivity contribution in [1.82, 2.24) is 14.5 Å². The molecule has 0 atom stereocenters. The Morgan fingerprint density at radius 1 is 1.50 bits per heavy atom. The van der Waals surface area contributed by atoms with Gasteiger partial charge in [-0.1, -0.05) is 20.8 Å². The van der Waals surface area contributed by atoms with Crippen molar-refractivity contribution in [3.63, 3.8) is 0 Å². The summed E-state index contributed by atoms with van der Waals surface area (Å²) >= 11 is 6.96.